The van der Waals surface area contributed by atoms with Crippen molar-refractivity contribution < 1.29 is 9.47 Å². The molecule has 2 rings (SSSR count). The number of hydrogen-bond donors (Lipinski definition) is 0. The zero-order chi connectivity index (χ0) is 17.0. The van der Waals surface area contributed by atoms with Crippen LogP contribution in [0.5, 0.6) is 0 Å². The lowest BCUT2D eigenvalue weighted by Crippen LogP contribution is -2.02. The Morgan fingerprint density at radius 2 is 1.08 bits per heavy atom. The van der Waals surface area contributed by atoms with E-state index in [0.29, 0.717) is 23.7 Å². The second-order valence-electron chi connectivity index (χ2n) is 4.46. The minimum atomic E-state index is 0.555. The van der Waals surface area contributed by atoms with Crippen molar-refractivity contribution in [3.8, 4) is 0 Å². The highest BCUT2D eigenvalue weighted by atomic mass is 33.1. The van der Waals surface area contributed by atoms with E-state index in [0.717, 1.165) is 11.4 Å². The van der Waals surface area contributed by atoms with Crippen molar-refractivity contribution in [1.29, 1.82) is 0 Å². The number of nitrogens with zero attached hydrogens (tertiary/aromatic N) is 2. The number of para-hydroxylation sites is 2. The molecule has 0 N–H and O–H groups in total. The fourth-order valence-electron chi connectivity index (χ4n) is 1.68. The van der Waals surface area contributed by atoms with Crippen LogP contribution in [0.1, 0.15) is 13.8 Å². The van der Waals surface area contributed by atoms with Crippen molar-refractivity contribution in [1.82, 2.24) is 0 Å². The van der Waals surface area contributed by atoms with E-state index in [1.54, 1.807) is 0 Å². The second kappa shape index (κ2) is 10.8. The lowest BCUT2D eigenvalue weighted by molar-refractivity contribution is 0.337. The molecule has 0 bridgehead atoms. The molecule has 2 aromatic rings. The molecular weight excluding hydrogens is 340 g/mol. The number of benzene rings is 2. The van der Waals surface area contributed by atoms with Crippen molar-refractivity contribution in [3.05, 3.63) is 60.7 Å². The van der Waals surface area contributed by atoms with Crippen molar-refractivity contribution in [3.63, 3.8) is 0 Å². The van der Waals surface area contributed by atoms with Gasteiger partial charge < -0.3 is 9.47 Å². The Morgan fingerprint density at radius 3 is 1.42 bits per heavy atom. The van der Waals surface area contributed by atoms with Gasteiger partial charge in [0.2, 0.25) is 0 Å². The summed E-state index contributed by atoms with van der Waals surface area (Å²) < 4.78 is 11.2. The summed E-state index contributed by atoms with van der Waals surface area (Å²) in [6.07, 6.45) is 0. The van der Waals surface area contributed by atoms with Gasteiger partial charge in [0, 0.05) is 21.6 Å². The van der Waals surface area contributed by atoms with E-state index in [1.165, 1.54) is 21.6 Å². The molecule has 0 unspecified atom stereocenters. The van der Waals surface area contributed by atoms with Crippen molar-refractivity contribution >= 4 is 43.4 Å². The van der Waals surface area contributed by atoms with Crippen LogP contribution in [-0.2, 0) is 9.47 Å². The fraction of sp³-hybridized carbons (Fsp3) is 0.222. The van der Waals surface area contributed by atoms with Crippen LogP contribution in [0.15, 0.2) is 70.6 Å². The molecule has 0 radical (unpaired) electrons. The van der Waals surface area contributed by atoms with Gasteiger partial charge in [-0.25, -0.2) is 9.98 Å². The molecule has 0 spiro atoms. The van der Waals surface area contributed by atoms with E-state index < -0.39 is 0 Å². The Morgan fingerprint density at radius 1 is 0.708 bits per heavy atom. The van der Waals surface area contributed by atoms with Gasteiger partial charge in [-0.3, -0.25) is 0 Å². The molecule has 2 aromatic carbocycles. The highest BCUT2D eigenvalue weighted by molar-refractivity contribution is 8.87. The quantitative estimate of drug-likeness (QED) is 0.392. The largest absolute Gasteiger partial charge is 0.473 e. The smallest absolute Gasteiger partial charge is 0.262 e. The normalized spacial score (nSPS) is 12.1. The molecule has 4 nitrogen and oxygen atoms in total. The Bertz CT molecular complexity index is 602. The van der Waals surface area contributed by atoms with Crippen LogP contribution < -0.4 is 0 Å². The van der Waals surface area contributed by atoms with Gasteiger partial charge in [0.25, 0.3) is 10.5 Å². The SMILES string of the molecule is CCOC(=Nc1ccccc1)SSC(=Nc1ccccc1)OCC. The highest BCUT2D eigenvalue weighted by Crippen LogP contribution is 2.29. The predicted octanol–water partition coefficient (Wildman–Crippen LogP) is 5.82. The summed E-state index contributed by atoms with van der Waals surface area (Å²) in [7, 11) is 2.79. The maximum atomic E-state index is 5.61. The Labute approximate surface area is 150 Å². The van der Waals surface area contributed by atoms with Gasteiger partial charge in [0.1, 0.15) is 0 Å². The summed E-state index contributed by atoms with van der Waals surface area (Å²) >= 11 is 0. The number of rotatable bonds is 4. The second-order valence-corrected chi connectivity index (χ2v) is 6.49. The third-order valence-corrected chi connectivity index (χ3v) is 4.57. The standard InChI is InChI=1S/C18H20N2O2S2/c1-3-21-17(19-15-11-7-5-8-12-15)23-24-18(22-4-2)20-16-13-9-6-10-14-16/h5-14H,3-4H2,1-2H3. The Hall–Kier alpha value is -1.92. The van der Waals surface area contributed by atoms with Gasteiger partial charge in [-0.05, 0) is 38.1 Å². The minimum absolute atomic E-state index is 0.555. The average Bonchev–Trinajstić information content (AvgIpc) is 2.62. The van der Waals surface area contributed by atoms with Gasteiger partial charge >= 0.3 is 0 Å². The average molecular weight is 361 g/mol. The topological polar surface area (TPSA) is 43.2 Å². The molecule has 0 aliphatic carbocycles. The molecule has 0 aliphatic heterocycles. The van der Waals surface area contributed by atoms with Crippen molar-refractivity contribution in [2.75, 3.05) is 13.2 Å². The lowest BCUT2D eigenvalue weighted by atomic mass is 10.3. The molecule has 24 heavy (non-hydrogen) atoms. The zero-order valence-electron chi connectivity index (χ0n) is 13.7. The van der Waals surface area contributed by atoms with Crippen LogP contribution in [0.3, 0.4) is 0 Å². The number of hydrogen-bond acceptors (Lipinski definition) is 6. The van der Waals surface area contributed by atoms with Crippen LogP contribution in [0.2, 0.25) is 0 Å². The Balaban J connectivity index is 2.07. The molecule has 0 heterocycles. The maximum absolute atomic E-state index is 5.61. The zero-order valence-corrected chi connectivity index (χ0v) is 15.3. The van der Waals surface area contributed by atoms with Gasteiger partial charge in [-0.2, -0.15) is 0 Å². The molecule has 0 saturated heterocycles. The summed E-state index contributed by atoms with van der Waals surface area (Å²) in [5.74, 6) is 0. The fourth-order valence-corrected chi connectivity index (χ4v) is 3.38. The van der Waals surface area contributed by atoms with Crippen molar-refractivity contribution in [2.24, 2.45) is 9.98 Å². The molecule has 0 fully saturated rings. The first kappa shape index (κ1) is 18.4. The maximum Gasteiger partial charge on any atom is 0.262 e. The first-order valence-electron chi connectivity index (χ1n) is 7.69. The van der Waals surface area contributed by atoms with E-state index >= 15 is 0 Å². The molecule has 126 valence electrons. The lowest BCUT2D eigenvalue weighted by Gasteiger charge is -2.08. The molecule has 0 saturated carbocycles. The highest BCUT2D eigenvalue weighted by Gasteiger charge is 2.09. The van der Waals surface area contributed by atoms with Crippen LogP contribution in [0, 0.1) is 0 Å². The van der Waals surface area contributed by atoms with Gasteiger partial charge in [-0.1, -0.05) is 36.4 Å². The molecule has 6 heteroatoms. The van der Waals surface area contributed by atoms with Crippen molar-refractivity contribution in [2.45, 2.75) is 13.8 Å². The minimum Gasteiger partial charge on any atom is -0.473 e. The summed E-state index contributed by atoms with van der Waals surface area (Å²) in [5.41, 5.74) is 1.71. The first-order valence-corrected chi connectivity index (χ1v) is 9.84. The van der Waals surface area contributed by atoms with Gasteiger partial charge in [0.15, 0.2) is 0 Å². The van der Waals surface area contributed by atoms with E-state index in [4.69, 9.17) is 9.47 Å². The van der Waals surface area contributed by atoms with Crippen LogP contribution in [-0.4, -0.2) is 23.7 Å². The summed E-state index contributed by atoms with van der Waals surface area (Å²) in [5, 5.41) is 1.16. The van der Waals surface area contributed by atoms with Gasteiger partial charge in [0.05, 0.1) is 24.6 Å². The van der Waals surface area contributed by atoms with Crippen LogP contribution >= 0.6 is 21.6 Å². The van der Waals surface area contributed by atoms with Crippen LogP contribution in [0.4, 0.5) is 11.4 Å². The van der Waals surface area contributed by atoms with Crippen LogP contribution in [0.25, 0.3) is 0 Å². The van der Waals surface area contributed by atoms with E-state index in [9.17, 15) is 0 Å². The first-order chi connectivity index (χ1) is 11.8. The number of aliphatic imine (C=N–C) groups is 2. The number of ether oxygens (including phenoxy) is 2. The third kappa shape index (κ3) is 6.68. The summed E-state index contributed by atoms with van der Waals surface area (Å²) in [4.78, 5) is 9.03. The summed E-state index contributed by atoms with van der Waals surface area (Å²) in [6.45, 7) is 4.98. The predicted molar refractivity (Wildman–Crippen MR) is 106 cm³/mol. The van der Waals surface area contributed by atoms with E-state index in [-0.39, 0.29) is 0 Å². The molecule has 0 aliphatic rings. The Kier molecular flexibility index (Phi) is 8.27. The molecular formula is C18H20N2O2S2. The van der Waals surface area contributed by atoms with E-state index in [1.807, 2.05) is 74.5 Å². The van der Waals surface area contributed by atoms with E-state index in [2.05, 4.69) is 9.98 Å². The third-order valence-electron chi connectivity index (χ3n) is 2.67. The molecule has 0 amide bonds. The molecule has 0 aromatic heterocycles. The van der Waals surface area contributed by atoms with Gasteiger partial charge in [-0.15, -0.1) is 0 Å². The summed E-state index contributed by atoms with van der Waals surface area (Å²) in [6, 6.07) is 19.5. The molecule has 0 atom stereocenters. The monoisotopic (exact) mass is 360 g/mol.